The lowest BCUT2D eigenvalue weighted by Crippen LogP contribution is -2.40. The lowest BCUT2D eigenvalue weighted by molar-refractivity contribution is -0.150. The maximum absolute atomic E-state index is 12.5. The summed E-state index contributed by atoms with van der Waals surface area (Å²) in [5.74, 6) is 0.579. The summed E-state index contributed by atoms with van der Waals surface area (Å²) in [4.78, 5) is 36.0. The molecular weight excluding hydrogens is 665 g/mol. The van der Waals surface area contributed by atoms with Crippen molar-refractivity contribution in [3.05, 3.63) is 0 Å². The van der Waals surface area contributed by atoms with E-state index in [1.165, 1.54) is 44.9 Å². The number of carbonyl (C=O) groups is 2. The third kappa shape index (κ3) is 33.9. The van der Waals surface area contributed by atoms with Gasteiger partial charge in [0, 0.05) is 39.5 Å². The Kier molecular flexibility index (Phi) is 36.2. The molecule has 0 fully saturated rings. The number of nitrogens with zero attached hydrogens (tertiary/aromatic N) is 5. The Morgan fingerprint density at radius 2 is 1.15 bits per heavy atom. The van der Waals surface area contributed by atoms with E-state index in [1.807, 2.05) is 32.2 Å². The first-order valence-electron chi connectivity index (χ1n) is 21.9. The molecule has 0 aliphatic carbocycles. The van der Waals surface area contributed by atoms with Gasteiger partial charge in [-0.25, -0.2) is 0 Å². The number of carbonyl (C=O) groups excluding carboxylic acids is 2. The van der Waals surface area contributed by atoms with Crippen molar-refractivity contribution in [2.24, 2.45) is 4.99 Å². The Labute approximate surface area is 327 Å². The minimum atomic E-state index is -0.0415. The Morgan fingerprint density at radius 3 is 1.77 bits per heavy atom. The fourth-order valence-electron chi connectivity index (χ4n) is 6.37. The zero-order chi connectivity index (χ0) is 39.2. The minimum absolute atomic E-state index is 0.0124. The lowest BCUT2D eigenvalue weighted by Gasteiger charge is -2.23. The number of hydrogen-bond donors (Lipinski definition) is 1. The molecule has 1 N–H and O–H groups in total. The van der Waals surface area contributed by atoms with Crippen molar-refractivity contribution in [2.45, 2.75) is 187 Å². The molecule has 0 amide bonds. The average molecular weight is 749 g/mol. The molecule has 0 heterocycles. The van der Waals surface area contributed by atoms with Crippen LogP contribution in [-0.2, 0) is 19.1 Å². The van der Waals surface area contributed by atoms with Crippen LogP contribution < -0.4 is 5.32 Å². The van der Waals surface area contributed by atoms with Gasteiger partial charge >= 0.3 is 11.9 Å². The van der Waals surface area contributed by atoms with E-state index < -0.39 is 0 Å². The van der Waals surface area contributed by atoms with E-state index in [-0.39, 0.29) is 18.0 Å². The highest BCUT2D eigenvalue weighted by atomic mass is 16.5. The van der Waals surface area contributed by atoms with Crippen LogP contribution >= 0.6 is 0 Å². The molecule has 0 bridgehead atoms. The lowest BCUT2D eigenvalue weighted by atomic mass is 10.1. The molecule has 1 atom stereocenters. The van der Waals surface area contributed by atoms with Crippen molar-refractivity contribution in [3.8, 4) is 6.19 Å². The zero-order valence-electron chi connectivity index (χ0n) is 35.6. The Hall–Kier alpha value is -2.38. The number of unbranched alkanes of at least 4 members (excludes halogenated alkanes) is 15. The molecular formula is C43H84N6O4. The Bertz CT molecular complexity index is 925. The SMILES string of the molecule is CCCCCCCOC(=O)CCCCCCCN(CCCCCCCC(=O)OC(CCCC)CCCCC)CCCN=C(NC#N)N(C)CCN(C)C. The molecule has 53 heavy (non-hydrogen) atoms. The van der Waals surface area contributed by atoms with Crippen LogP contribution in [0.4, 0.5) is 0 Å². The standard InChI is InChI=1S/C43H84N6O4/c1-7-10-13-20-26-38-52-41(50)30-22-16-14-18-24-33-49(35-27-32-45-43(46-39-44)48(6)37-36-47(4)5)34-25-19-15-17-23-31-42(51)53-40(28-12-9-3)29-21-11-8-2/h40H,7-38H2,1-6H3,(H,45,46). The first-order chi connectivity index (χ1) is 25.8. The van der Waals surface area contributed by atoms with Gasteiger partial charge in [0.05, 0.1) is 6.61 Å². The molecule has 0 saturated heterocycles. The summed E-state index contributed by atoms with van der Waals surface area (Å²) < 4.78 is 11.3. The van der Waals surface area contributed by atoms with Crippen molar-refractivity contribution in [1.82, 2.24) is 20.0 Å². The first-order valence-corrected chi connectivity index (χ1v) is 21.9. The molecule has 0 aliphatic heterocycles. The fourth-order valence-corrected chi connectivity index (χ4v) is 6.37. The number of guanidine groups is 1. The number of rotatable bonds is 37. The van der Waals surface area contributed by atoms with Crippen LogP contribution in [0.2, 0.25) is 0 Å². The normalized spacial score (nSPS) is 12.2. The van der Waals surface area contributed by atoms with E-state index in [9.17, 15) is 14.9 Å². The van der Waals surface area contributed by atoms with Gasteiger partial charge < -0.3 is 24.2 Å². The van der Waals surface area contributed by atoms with Gasteiger partial charge in [0.15, 0.2) is 6.19 Å². The van der Waals surface area contributed by atoms with Gasteiger partial charge in [-0.15, -0.1) is 0 Å². The number of aliphatic imine (C=N–C) groups is 1. The summed E-state index contributed by atoms with van der Waals surface area (Å²) in [5.41, 5.74) is 0. The van der Waals surface area contributed by atoms with E-state index in [4.69, 9.17) is 14.5 Å². The van der Waals surface area contributed by atoms with Gasteiger partial charge in [-0.05, 0) is 91.5 Å². The van der Waals surface area contributed by atoms with Crippen molar-refractivity contribution in [3.63, 3.8) is 0 Å². The second-order valence-electron chi connectivity index (χ2n) is 15.3. The second kappa shape index (κ2) is 37.9. The Balaban J connectivity index is 4.63. The molecule has 0 aromatic carbocycles. The van der Waals surface area contributed by atoms with Gasteiger partial charge in [0.1, 0.15) is 6.10 Å². The highest BCUT2D eigenvalue weighted by Crippen LogP contribution is 2.16. The van der Waals surface area contributed by atoms with Gasteiger partial charge in [-0.1, -0.05) is 111 Å². The molecule has 310 valence electrons. The molecule has 0 aromatic rings. The van der Waals surface area contributed by atoms with Gasteiger partial charge in [-0.2, -0.15) is 5.26 Å². The quantitative estimate of drug-likeness (QED) is 0.0166. The molecule has 0 rings (SSSR count). The van der Waals surface area contributed by atoms with E-state index in [2.05, 4.69) is 35.9 Å². The molecule has 1 unspecified atom stereocenters. The zero-order valence-corrected chi connectivity index (χ0v) is 35.6. The molecule has 0 aromatic heterocycles. The molecule has 0 radical (unpaired) electrons. The van der Waals surface area contributed by atoms with Crippen LogP contribution in [0.15, 0.2) is 4.99 Å². The Morgan fingerprint density at radius 1 is 0.623 bits per heavy atom. The van der Waals surface area contributed by atoms with Crippen LogP contribution in [-0.4, -0.2) is 106 Å². The van der Waals surface area contributed by atoms with Crippen LogP contribution in [0, 0.1) is 11.5 Å². The highest BCUT2D eigenvalue weighted by molar-refractivity contribution is 5.81. The van der Waals surface area contributed by atoms with Crippen LogP contribution in [0.3, 0.4) is 0 Å². The van der Waals surface area contributed by atoms with Crippen molar-refractivity contribution < 1.29 is 19.1 Å². The maximum atomic E-state index is 12.5. The predicted molar refractivity (Wildman–Crippen MR) is 222 cm³/mol. The van der Waals surface area contributed by atoms with Gasteiger partial charge in [0.2, 0.25) is 5.96 Å². The minimum Gasteiger partial charge on any atom is -0.466 e. The number of nitrogens with one attached hydrogen (secondary N) is 1. The molecule has 10 heteroatoms. The number of ether oxygens (including phenoxy) is 2. The third-order valence-corrected chi connectivity index (χ3v) is 9.83. The van der Waals surface area contributed by atoms with E-state index in [1.54, 1.807) is 0 Å². The average Bonchev–Trinajstić information content (AvgIpc) is 3.14. The summed E-state index contributed by atoms with van der Waals surface area (Å²) in [6, 6.07) is 0. The summed E-state index contributed by atoms with van der Waals surface area (Å²) in [6.45, 7) is 12.7. The van der Waals surface area contributed by atoms with Crippen LogP contribution in [0.1, 0.15) is 181 Å². The maximum Gasteiger partial charge on any atom is 0.306 e. The summed E-state index contributed by atoms with van der Waals surface area (Å²) in [6.07, 6.45) is 28.7. The molecule has 10 nitrogen and oxygen atoms in total. The van der Waals surface area contributed by atoms with Gasteiger partial charge in [0.25, 0.3) is 0 Å². The summed E-state index contributed by atoms with van der Waals surface area (Å²) in [5, 5.41) is 12.0. The predicted octanol–water partition coefficient (Wildman–Crippen LogP) is 9.48. The van der Waals surface area contributed by atoms with Crippen LogP contribution in [0.5, 0.6) is 0 Å². The van der Waals surface area contributed by atoms with E-state index >= 15 is 0 Å². The smallest absolute Gasteiger partial charge is 0.306 e. The topological polar surface area (TPSA) is 110 Å². The second-order valence-corrected chi connectivity index (χ2v) is 15.3. The molecule has 0 spiro atoms. The van der Waals surface area contributed by atoms with Crippen molar-refractivity contribution in [2.75, 3.05) is 67.0 Å². The number of likely N-dealkylation sites (N-methyl/N-ethyl adjacent to an activating group) is 2. The van der Waals surface area contributed by atoms with Gasteiger partial charge in [-0.3, -0.25) is 19.9 Å². The fraction of sp³-hybridized carbons (Fsp3) is 0.907. The van der Waals surface area contributed by atoms with Crippen LogP contribution in [0.25, 0.3) is 0 Å². The monoisotopic (exact) mass is 749 g/mol. The highest BCUT2D eigenvalue weighted by Gasteiger charge is 2.14. The van der Waals surface area contributed by atoms with Crippen molar-refractivity contribution in [1.29, 1.82) is 5.26 Å². The molecule has 0 saturated carbocycles. The number of esters is 2. The third-order valence-electron chi connectivity index (χ3n) is 9.83. The number of hydrogen-bond acceptors (Lipinski definition) is 8. The largest absolute Gasteiger partial charge is 0.466 e. The summed E-state index contributed by atoms with van der Waals surface area (Å²) in [7, 11) is 6.06. The van der Waals surface area contributed by atoms with Crippen molar-refractivity contribution >= 4 is 17.9 Å². The first kappa shape index (κ1) is 50.6. The summed E-state index contributed by atoms with van der Waals surface area (Å²) >= 11 is 0. The number of nitriles is 1. The van der Waals surface area contributed by atoms with E-state index in [0.29, 0.717) is 32.0 Å². The van der Waals surface area contributed by atoms with E-state index in [0.717, 1.165) is 135 Å². The molecule has 0 aliphatic rings.